The molecule has 94 valence electrons. The predicted octanol–water partition coefficient (Wildman–Crippen LogP) is 2.11. The Morgan fingerprint density at radius 3 is 2.44 bits per heavy atom. The molecule has 0 amide bonds. The highest BCUT2D eigenvalue weighted by Gasteiger charge is 2.09. The Kier molecular flexibility index (Phi) is 3.35. The van der Waals surface area contributed by atoms with Crippen molar-refractivity contribution in [1.82, 2.24) is 9.97 Å². The van der Waals surface area contributed by atoms with Crippen molar-refractivity contribution in [2.75, 3.05) is 5.73 Å². The fourth-order valence-corrected chi connectivity index (χ4v) is 2.25. The molecule has 1 heterocycles. The SMILES string of the molecule is Nc1ccc(S(=O)(=O)[N-]c2cncc(Cl)n2)cc1. The number of sulfonamides is 1. The summed E-state index contributed by atoms with van der Waals surface area (Å²) in [4.78, 5) is 7.46. The van der Waals surface area contributed by atoms with Crippen molar-refractivity contribution in [3.63, 3.8) is 0 Å². The number of hydrogen-bond donors (Lipinski definition) is 1. The van der Waals surface area contributed by atoms with Crippen molar-refractivity contribution >= 4 is 33.1 Å². The Morgan fingerprint density at radius 2 is 1.83 bits per heavy atom. The van der Waals surface area contributed by atoms with Crippen molar-refractivity contribution in [2.24, 2.45) is 0 Å². The van der Waals surface area contributed by atoms with E-state index in [1.807, 2.05) is 0 Å². The molecular weight excluding hydrogens is 276 g/mol. The van der Waals surface area contributed by atoms with Crippen molar-refractivity contribution in [3.8, 4) is 0 Å². The molecular formula is C10H8ClN4O2S-. The van der Waals surface area contributed by atoms with Crippen LogP contribution in [0.4, 0.5) is 11.5 Å². The third-order valence-corrected chi connectivity index (χ3v) is 3.46. The van der Waals surface area contributed by atoms with E-state index in [1.165, 1.54) is 36.7 Å². The van der Waals surface area contributed by atoms with Crippen molar-refractivity contribution < 1.29 is 8.42 Å². The molecule has 0 radical (unpaired) electrons. The zero-order chi connectivity index (χ0) is 13.2. The van der Waals surface area contributed by atoms with Crippen LogP contribution in [0.15, 0.2) is 41.6 Å². The summed E-state index contributed by atoms with van der Waals surface area (Å²) < 4.78 is 27.3. The summed E-state index contributed by atoms with van der Waals surface area (Å²) in [5.74, 6) is -0.0701. The summed E-state index contributed by atoms with van der Waals surface area (Å²) in [6.07, 6.45) is 2.50. The fourth-order valence-electron chi connectivity index (χ4n) is 1.19. The molecule has 0 aliphatic heterocycles. The summed E-state index contributed by atoms with van der Waals surface area (Å²) in [6.45, 7) is 0. The van der Waals surface area contributed by atoms with E-state index in [9.17, 15) is 8.42 Å². The Bertz CT molecular complexity index is 658. The molecule has 0 aliphatic carbocycles. The van der Waals surface area contributed by atoms with Crippen LogP contribution < -0.4 is 5.73 Å². The molecule has 0 aliphatic rings. The Hall–Kier alpha value is -1.86. The minimum absolute atomic E-state index is 0.0264. The lowest BCUT2D eigenvalue weighted by Crippen LogP contribution is -1.99. The highest BCUT2D eigenvalue weighted by Crippen LogP contribution is 2.26. The normalized spacial score (nSPS) is 11.2. The number of benzene rings is 1. The maximum atomic E-state index is 11.9. The number of rotatable bonds is 3. The fraction of sp³-hybridized carbons (Fsp3) is 0. The molecule has 0 fully saturated rings. The van der Waals surface area contributed by atoms with Gasteiger partial charge in [-0.05, 0) is 30.1 Å². The van der Waals surface area contributed by atoms with Gasteiger partial charge in [0.2, 0.25) is 10.0 Å². The molecule has 8 heteroatoms. The lowest BCUT2D eigenvalue weighted by molar-refractivity contribution is 0.603. The predicted molar refractivity (Wildman–Crippen MR) is 68.1 cm³/mol. The van der Waals surface area contributed by atoms with Gasteiger partial charge in [-0.15, -0.1) is 0 Å². The second-order valence-electron chi connectivity index (χ2n) is 3.34. The molecule has 18 heavy (non-hydrogen) atoms. The second kappa shape index (κ2) is 4.79. The average molecular weight is 284 g/mol. The van der Waals surface area contributed by atoms with Gasteiger partial charge in [0.15, 0.2) is 0 Å². The Labute approximate surface area is 109 Å². The third-order valence-electron chi connectivity index (χ3n) is 1.98. The molecule has 2 N–H and O–H groups in total. The van der Waals surface area contributed by atoms with Crippen LogP contribution in [0.1, 0.15) is 0 Å². The van der Waals surface area contributed by atoms with Crippen LogP contribution >= 0.6 is 11.6 Å². The largest absolute Gasteiger partial charge is 0.423 e. The standard InChI is InChI=1S/C10H8ClN4O2S/c11-9-5-13-6-10(14-9)15-18(16,17)8-3-1-7(12)2-4-8/h1-6H,12H2/q-1. The smallest absolute Gasteiger partial charge is 0.202 e. The summed E-state index contributed by atoms with van der Waals surface area (Å²) in [5, 5.41) is 0.0729. The molecule has 0 bridgehead atoms. The maximum Gasteiger partial charge on any atom is 0.202 e. The van der Waals surface area contributed by atoms with E-state index in [1.54, 1.807) is 0 Å². The Balaban J connectivity index is 2.30. The lowest BCUT2D eigenvalue weighted by atomic mass is 10.3. The first-order valence-corrected chi connectivity index (χ1v) is 6.60. The first-order chi connectivity index (χ1) is 8.47. The van der Waals surface area contributed by atoms with Gasteiger partial charge in [0.05, 0.1) is 4.90 Å². The van der Waals surface area contributed by atoms with Crippen molar-refractivity contribution in [3.05, 3.63) is 46.5 Å². The number of anilines is 1. The van der Waals surface area contributed by atoms with Gasteiger partial charge in [0.1, 0.15) is 0 Å². The van der Waals surface area contributed by atoms with Gasteiger partial charge in [0.25, 0.3) is 0 Å². The van der Waals surface area contributed by atoms with Crippen molar-refractivity contribution in [1.29, 1.82) is 0 Å². The first kappa shape index (κ1) is 12.6. The van der Waals surface area contributed by atoms with E-state index in [0.717, 1.165) is 0 Å². The minimum Gasteiger partial charge on any atom is -0.423 e. The van der Waals surface area contributed by atoms with Crippen LogP contribution in [-0.4, -0.2) is 18.4 Å². The number of nitrogens with zero attached hydrogens (tertiary/aromatic N) is 3. The molecule has 0 saturated heterocycles. The van der Waals surface area contributed by atoms with E-state index in [0.29, 0.717) is 5.69 Å². The molecule has 1 aromatic carbocycles. The van der Waals surface area contributed by atoms with Crippen LogP contribution in [0.2, 0.25) is 5.15 Å². The number of hydrogen-bond acceptors (Lipinski definition) is 5. The van der Waals surface area contributed by atoms with Gasteiger partial charge in [-0.3, -0.25) is 4.98 Å². The lowest BCUT2D eigenvalue weighted by Gasteiger charge is -2.15. The summed E-state index contributed by atoms with van der Waals surface area (Å²) in [6, 6.07) is 5.69. The molecule has 2 rings (SSSR count). The van der Waals surface area contributed by atoms with Gasteiger partial charge >= 0.3 is 0 Å². The van der Waals surface area contributed by atoms with Gasteiger partial charge in [-0.1, -0.05) is 11.6 Å². The Morgan fingerprint density at radius 1 is 1.17 bits per heavy atom. The van der Waals surface area contributed by atoms with Crippen LogP contribution in [0.5, 0.6) is 0 Å². The van der Waals surface area contributed by atoms with E-state index >= 15 is 0 Å². The van der Waals surface area contributed by atoms with E-state index in [-0.39, 0.29) is 15.9 Å². The topological polar surface area (TPSA) is 100 Å². The molecule has 0 saturated carbocycles. The highest BCUT2D eigenvalue weighted by molar-refractivity contribution is 7.94. The third kappa shape index (κ3) is 2.88. The number of halogens is 1. The van der Waals surface area contributed by atoms with Crippen LogP contribution in [0, 0.1) is 0 Å². The highest BCUT2D eigenvalue weighted by atomic mass is 35.5. The molecule has 1 aromatic heterocycles. The minimum atomic E-state index is -3.84. The van der Waals surface area contributed by atoms with Gasteiger partial charge in [0, 0.05) is 23.2 Å². The summed E-state index contributed by atoms with van der Waals surface area (Å²) in [5.41, 5.74) is 5.95. The number of nitrogen functional groups attached to an aromatic ring is 1. The molecule has 0 atom stereocenters. The average Bonchev–Trinajstić information content (AvgIpc) is 2.29. The molecule has 0 unspecified atom stereocenters. The monoisotopic (exact) mass is 283 g/mol. The van der Waals surface area contributed by atoms with E-state index < -0.39 is 10.0 Å². The molecule has 0 spiro atoms. The number of nitrogens with two attached hydrogens (primary N) is 1. The maximum absolute atomic E-state index is 11.9. The van der Waals surface area contributed by atoms with Crippen molar-refractivity contribution in [2.45, 2.75) is 4.90 Å². The van der Waals surface area contributed by atoms with Gasteiger partial charge in [-0.25, -0.2) is 8.42 Å². The zero-order valence-electron chi connectivity index (χ0n) is 8.99. The van der Waals surface area contributed by atoms with Gasteiger partial charge in [-0.2, -0.15) is 0 Å². The number of aromatic nitrogens is 2. The second-order valence-corrected chi connectivity index (χ2v) is 5.33. The molecule has 6 nitrogen and oxygen atoms in total. The first-order valence-electron chi connectivity index (χ1n) is 4.78. The van der Waals surface area contributed by atoms with Crippen LogP contribution in [0.3, 0.4) is 0 Å². The van der Waals surface area contributed by atoms with E-state index in [4.69, 9.17) is 17.3 Å². The summed E-state index contributed by atoms with van der Waals surface area (Å²) >= 11 is 5.60. The van der Waals surface area contributed by atoms with E-state index in [2.05, 4.69) is 14.7 Å². The quantitative estimate of drug-likeness (QED) is 0.870. The summed E-state index contributed by atoms with van der Waals surface area (Å²) in [7, 11) is -3.84. The molecule has 2 aromatic rings. The van der Waals surface area contributed by atoms with Gasteiger partial charge < -0.3 is 15.4 Å². The van der Waals surface area contributed by atoms with Crippen LogP contribution in [0.25, 0.3) is 4.72 Å². The van der Waals surface area contributed by atoms with Crippen LogP contribution in [-0.2, 0) is 10.0 Å². The zero-order valence-corrected chi connectivity index (χ0v) is 10.6.